The maximum atomic E-state index is 13.7. The summed E-state index contributed by atoms with van der Waals surface area (Å²) in [6.45, 7) is 3.61. The van der Waals surface area contributed by atoms with Crippen LogP contribution in [0.1, 0.15) is 62.0 Å². The Labute approximate surface area is 182 Å². The number of carbonyl (C=O) groups excluding carboxylic acids is 1. The van der Waals surface area contributed by atoms with E-state index in [0.29, 0.717) is 0 Å². The molecule has 2 heterocycles. The summed E-state index contributed by atoms with van der Waals surface area (Å²) in [4.78, 5) is 20.8. The lowest BCUT2D eigenvalue weighted by Crippen LogP contribution is -2.41. The molecule has 1 aliphatic rings. The van der Waals surface area contributed by atoms with E-state index < -0.39 is 23.5 Å². The number of amides is 1. The van der Waals surface area contributed by atoms with E-state index in [9.17, 15) is 23.1 Å². The molecule has 0 spiro atoms. The van der Waals surface area contributed by atoms with E-state index in [0.717, 1.165) is 42.5 Å². The van der Waals surface area contributed by atoms with E-state index in [1.165, 1.54) is 18.5 Å². The summed E-state index contributed by atoms with van der Waals surface area (Å²) in [5.74, 6) is -0.789. The van der Waals surface area contributed by atoms with Gasteiger partial charge in [-0.05, 0) is 57.6 Å². The van der Waals surface area contributed by atoms with Crippen LogP contribution < -0.4 is 5.32 Å². The summed E-state index contributed by atoms with van der Waals surface area (Å²) in [5.41, 5.74) is -0.897. The quantitative estimate of drug-likeness (QED) is 0.618. The highest BCUT2D eigenvalue weighted by Crippen LogP contribution is 2.32. The van der Waals surface area contributed by atoms with Gasteiger partial charge in [0.1, 0.15) is 11.5 Å². The van der Waals surface area contributed by atoms with Crippen molar-refractivity contribution in [2.24, 2.45) is 5.92 Å². The lowest BCUT2D eigenvalue weighted by atomic mass is 9.77. The number of rotatable bonds is 5. The number of aliphatic hydroxyl groups is 1. The van der Waals surface area contributed by atoms with Gasteiger partial charge < -0.3 is 10.4 Å². The van der Waals surface area contributed by atoms with Gasteiger partial charge in [0, 0.05) is 29.9 Å². The summed E-state index contributed by atoms with van der Waals surface area (Å²) in [6, 6.07) is 3.41. The van der Waals surface area contributed by atoms with Crippen LogP contribution >= 0.6 is 0 Å². The Balaban J connectivity index is 1.49. The first-order chi connectivity index (χ1) is 15.1. The fourth-order valence-corrected chi connectivity index (χ4v) is 4.19. The van der Waals surface area contributed by atoms with Crippen molar-refractivity contribution in [1.29, 1.82) is 0 Å². The zero-order chi connectivity index (χ0) is 23.0. The number of hydrogen-bond donors (Lipinski definition) is 2. The van der Waals surface area contributed by atoms with Crippen molar-refractivity contribution in [3.63, 3.8) is 0 Å². The molecule has 0 atom stereocenters. The van der Waals surface area contributed by atoms with Crippen molar-refractivity contribution in [3.8, 4) is 5.95 Å². The fraction of sp³-hybridized carbons (Fsp3) is 0.455. The molecule has 170 valence electrons. The lowest BCUT2D eigenvalue weighted by Gasteiger charge is -2.36. The third kappa shape index (κ3) is 4.45. The number of carbonyl (C=O) groups is 1. The summed E-state index contributed by atoms with van der Waals surface area (Å²) < 4.78 is 41.4. The largest absolute Gasteiger partial charge is 0.390 e. The maximum Gasteiger partial charge on any atom is 0.282 e. The smallest absolute Gasteiger partial charge is 0.282 e. The molecule has 0 unspecified atom stereocenters. The van der Waals surface area contributed by atoms with Crippen molar-refractivity contribution in [1.82, 2.24) is 25.1 Å². The van der Waals surface area contributed by atoms with Gasteiger partial charge in [-0.15, -0.1) is 0 Å². The highest BCUT2D eigenvalue weighted by Gasteiger charge is 2.32. The van der Waals surface area contributed by atoms with Gasteiger partial charge in [0.15, 0.2) is 0 Å². The Morgan fingerprint density at radius 3 is 2.44 bits per heavy atom. The molecule has 0 aliphatic heterocycles. The second-order valence-electron chi connectivity index (χ2n) is 8.71. The summed E-state index contributed by atoms with van der Waals surface area (Å²) in [7, 11) is 0. The predicted octanol–water partition coefficient (Wildman–Crippen LogP) is 3.95. The molecular weight excluding hydrogens is 423 g/mol. The molecule has 0 radical (unpaired) electrons. The molecule has 1 fully saturated rings. The lowest BCUT2D eigenvalue weighted by molar-refractivity contribution is -0.00257. The van der Waals surface area contributed by atoms with Crippen LogP contribution in [-0.4, -0.2) is 42.4 Å². The molecule has 4 rings (SSSR count). The van der Waals surface area contributed by atoms with Crippen molar-refractivity contribution >= 4 is 16.8 Å². The van der Waals surface area contributed by atoms with E-state index >= 15 is 0 Å². The molecule has 0 bridgehead atoms. The third-order valence-corrected chi connectivity index (χ3v) is 6.03. The Bertz CT molecular complexity index is 1120. The molecule has 1 aliphatic carbocycles. The van der Waals surface area contributed by atoms with Crippen LogP contribution in [-0.2, 0) is 0 Å². The molecule has 10 heteroatoms. The zero-order valence-corrected chi connectivity index (χ0v) is 17.7. The molecule has 2 aromatic heterocycles. The summed E-state index contributed by atoms with van der Waals surface area (Å²) in [5, 5.41) is 17.1. The molecule has 2 N–H and O–H groups in total. The molecule has 1 saturated carbocycles. The van der Waals surface area contributed by atoms with Crippen LogP contribution in [0.15, 0.2) is 30.6 Å². The zero-order valence-electron chi connectivity index (χ0n) is 17.7. The standard InChI is InChI=1S/C22H24F3N5O2/c1-22(2,32)13-3-6-15(7-4-13)28-20(31)12-10-26-21(27-11-12)30-17-9-14(23)5-8-16(17)18(29-30)19(24)25/h5,8-11,13,15,19,32H,3-4,6-7H2,1-2H3,(H,28,31). The first-order valence-corrected chi connectivity index (χ1v) is 10.5. The molecule has 7 nitrogen and oxygen atoms in total. The van der Waals surface area contributed by atoms with E-state index in [1.807, 2.05) is 0 Å². The van der Waals surface area contributed by atoms with Crippen LogP contribution in [0, 0.1) is 11.7 Å². The summed E-state index contributed by atoms with van der Waals surface area (Å²) in [6.07, 6.45) is 2.89. The molecule has 1 aromatic carbocycles. The monoisotopic (exact) mass is 447 g/mol. The van der Waals surface area contributed by atoms with Gasteiger partial charge in [-0.25, -0.2) is 23.1 Å². The Hall–Kier alpha value is -3.01. The normalized spacial score (nSPS) is 19.5. The number of nitrogens with zero attached hydrogens (tertiary/aromatic N) is 4. The Morgan fingerprint density at radius 1 is 1.19 bits per heavy atom. The van der Waals surface area contributed by atoms with Crippen molar-refractivity contribution in [3.05, 3.63) is 47.7 Å². The number of nitrogens with one attached hydrogen (secondary N) is 1. The van der Waals surface area contributed by atoms with Crippen LogP contribution in [0.25, 0.3) is 16.9 Å². The minimum atomic E-state index is -2.85. The van der Waals surface area contributed by atoms with Gasteiger partial charge in [0.25, 0.3) is 18.3 Å². The average Bonchev–Trinajstić information content (AvgIpc) is 3.12. The van der Waals surface area contributed by atoms with Gasteiger partial charge in [-0.2, -0.15) is 9.78 Å². The maximum absolute atomic E-state index is 13.7. The highest BCUT2D eigenvalue weighted by atomic mass is 19.3. The topological polar surface area (TPSA) is 92.9 Å². The number of benzene rings is 1. The second kappa shape index (κ2) is 8.50. The summed E-state index contributed by atoms with van der Waals surface area (Å²) >= 11 is 0. The first kappa shape index (κ1) is 22.2. The predicted molar refractivity (Wildman–Crippen MR) is 111 cm³/mol. The minimum Gasteiger partial charge on any atom is -0.390 e. The van der Waals surface area contributed by atoms with Gasteiger partial charge in [0.05, 0.1) is 16.7 Å². The van der Waals surface area contributed by atoms with Crippen molar-refractivity contribution in [2.45, 2.75) is 57.6 Å². The van der Waals surface area contributed by atoms with Crippen LogP contribution in [0.5, 0.6) is 0 Å². The number of fused-ring (bicyclic) bond motifs is 1. The highest BCUT2D eigenvalue weighted by molar-refractivity contribution is 5.93. The fourth-order valence-electron chi connectivity index (χ4n) is 4.19. The molecule has 1 amide bonds. The molecule has 3 aromatic rings. The second-order valence-corrected chi connectivity index (χ2v) is 8.71. The Kier molecular flexibility index (Phi) is 5.89. The van der Waals surface area contributed by atoms with E-state index in [2.05, 4.69) is 20.4 Å². The molecule has 0 saturated heterocycles. The van der Waals surface area contributed by atoms with Crippen molar-refractivity contribution < 1.29 is 23.1 Å². The third-order valence-electron chi connectivity index (χ3n) is 6.03. The minimum absolute atomic E-state index is 0.00703. The number of aromatic nitrogens is 4. The van der Waals surface area contributed by atoms with E-state index in [-0.39, 0.29) is 40.3 Å². The van der Waals surface area contributed by atoms with Gasteiger partial charge in [-0.1, -0.05) is 0 Å². The first-order valence-electron chi connectivity index (χ1n) is 10.5. The number of hydrogen-bond acceptors (Lipinski definition) is 5. The van der Waals surface area contributed by atoms with Gasteiger partial charge in [-0.3, -0.25) is 4.79 Å². The molecule has 32 heavy (non-hydrogen) atoms. The Morgan fingerprint density at radius 2 is 1.84 bits per heavy atom. The van der Waals surface area contributed by atoms with E-state index in [1.54, 1.807) is 13.8 Å². The van der Waals surface area contributed by atoms with E-state index in [4.69, 9.17) is 0 Å². The van der Waals surface area contributed by atoms with Crippen LogP contribution in [0.4, 0.5) is 13.2 Å². The SMILES string of the molecule is CC(C)(O)C1CCC(NC(=O)c2cnc(-n3nc(C(F)F)c4ccc(F)cc43)nc2)CC1. The average molecular weight is 447 g/mol. The number of halogens is 3. The van der Waals surface area contributed by atoms with Gasteiger partial charge >= 0.3 is 0 Å². The van der Waals surface area contributed by atoms with Crippen LogP contribution in [0.3, 0.4) is 0 Å². The van der Waals surface area contributed by atoms with Crippen LogP contribution in [0.2, 0.25) is 0 Å². The van der Waals surface area contributed by atoms with Gasteiger partial charge in [0.2, 0.25) is 0 Å². The van der Waals surface area contributed by atoms with Crippen molar-refractivity contribution in [2.75, 3.05) is 0 Å². The number of alkyl halides is 2. The molecular formula is C22H24F3N5O2.